The summed E-state index contributed by atoms with van der Waals surface area (Å²) in [5.41, 5.74) is 1.10. The second-order valence-corrected chi connectivity index (χ2v) is 6.46. The molecule has 0 fully saturated rings. The van der Waals surface area contributed by atoms with Gasteiger partial charge < -0.3 is 15.5 Å². The van der Waals surface area contributed by atoms with Crippen molar-refractivity contribution in [1.29, 1.82) is 0 Å². The van der Waals surface area contributed by atoms with E-state index in [9.17, 15) is 4.79 Å². The van der Waals surface area contributed by atoms with Gasteiger partial charge in [-0.2, -0.15) is 0 Å². The maximum Gasteiger partial charge on any atom is 0.315 e. The van der Waals surface area contributed by atoms with Crippen LogP contribution >= 0.6 is 11.3 Å². The number of likely N-dealkylation sites (N-methyl/N-ethyl adjacent to an activating group) is 1. The van der Waals surface area contributed by atoms with E-state index in [1.54, 1.807) is 11.3 Å². The standard InChI is InChI=1S/C17H23N3OS/c1-13(14-8-5-4-6-9-14)19-17(21)18-12-15(20(2)3)16-10-7-11-22-16/h4-11,13,15H,12H2,1-3H3,(H2,18,19,21). The van der Waals surface area contributed by atoms with Crippen LogP contribution in [0.4, 0.5) is 4.79 Å². The van der Waals surface area contributed by atoms with E-state index in [0.29, 0.717) is 6.54 Å². The number of amides is 2. The minimum absolute atomic E-state index is 0.0132. The Bertz CT molecular complexity index is 569. The van der Waals surface area contributed by atoms with E-state index in [1.165, 1.54) is 4.88 Å². The number of carbonyl (C=O) groups is 1. The summed E-state index contributed by atoms with van der Waals surface area (Å²) < 4.78 is 0. The van der Waals surface area contributed by atoms with E-state index in [-0.39, 0.29) is 18.1 Å². The largest absolute Gasteiger partial charge is 0.336 e. The molecule has 0 saturated heterocycles. The molecule has 4 nitrogen and oxygen atoms in total. The lowest BCUT2D eigenvalue weighted by atomic mass is 10.1. The molecular formula is C17H23N3OS. The number of urea groups is 1. The average molecular weight is 317 g/mol. The predicted molar refractivity (Wildman–Crippen MR) is 92.1 cm³/mol. The second kappa shape index (κ2) is 7.96. The van der Waals surface area contributed by atoms with Gasteiger partial charge in [-0.15, -0.1) is 11.3 Å². The Morgan fingerprint density at radius 3 is 2.50 bits per heavy atom. The van der Waals surface area contributed by atoms with E-state index in [4.69, 9.17) is 0 Å². The van der Waals surface area contributed by atoms with E-state index in [0.717, 1.165) is 5.56 Å². The lowest BCUT2D eigenvalue weighted by Crippen LogP contribution is -2.41. The van der Waals surface area contributed by atoms with Crippen molar-refractivity contribution in [1.82, 2.24) is 15.5 Å². The molecule has 0 bridgehead atoms. The smallest absolute Gasteiger partial charge is 0.315 e. The Balaban J connectivity index is 1.86. The Labute approximate surface area is 136 Å². The van der Waals surface area contributed by atoms with E-state index < -0.39 is 0 Å². The van der Waals surface area contributed by atoms with Crippen LogP contribution < -0.4 is 10.6 Å². The molecule has 0 aliphatic rings. The van der Waals surface area contributed by atoms with Crippen LogP contribution in [-0.2, 0) is 0 Å². The van der Waals surface area contributed by atoms with Gasteiger partial charge in [0.2, 0.25) is 0 Å². The normalized spacial score (nSPS) is 13.6. The van der Waals surface area contributed by atoms with Crippen LogP contribution in [0.2, 0.25) is 0 Å². The number of thiophene rings is 1. The number of hydrogen-bond acceptors (Lipinski definition) is 3. The van der Waals surface area contributed by atoms with Crippen LogP contribution in [0, 0.1) is 0 Å². The molecule has 0 spiro atoms. The minimum Gasteiger partial charge on any atom is -0.336 e. The number of nitrogens with one attached hydrogen (secondary N) is 2. The molecule has 0 aliphatic carbocycles. The maximum absolute atomic E-state index is 12.1. The molecule has 1 heterocycles. The zero-order chi connectivity index (χ0) is 15.9. The maximum atomic E-state index is 12.1. The molecule has 1 aromatic heterocycles. The van der Waals surface area contributed by atoms with Crippen molar-refractivity contribution in [2.75, 3.05) is 20.6 Å². The van der Waals surface area contributed by atoms with Crippen molar-refractivity contribution in [3.63, 3.8) is 0 Å². The van der Waals surface area contributed by atoms with E-state index in [1.807, 2.05) is 57.4 Å². The van der Waals surface area contributed by atoms with Crippen molar-refractivity contribution in [2.45, 2.75) is 19.0 Å². The Morgan fingerprint density at radius 1 is 1.18 bits per heavy atom. The SMILES string of the molecule is CC(NC(=O)NCC(c1cccs1)N(C)C)c1ccccc1. The highest BCUT2D eigenvalue weighted by molar-refractivity contribution is 7.10. The van der Waals surface area contributed by atoms with Gasteiger partial charge in [0.1, 0.15) is 0 Å². The lowest BCUT2D eigenvalue weighted by molar-refractivity contribution is 0.230. The first-order valence-corrected chi connectivity index (χ1v) is 8.25. The Morgan fingerprint density at radius 2 is 1.91 bits per heavy atom. The highest BCUT2D eigenvalue weighted by Gasteiger charge is 2.17. The fourth-order valence-electron chi connectivity index (χ4n) is 2.28. The first-order valence-electron chi connectivity index (χ1n) is 7.37. The van der Waals surface area contributed by atoms with Gasteiger partial charge in [-0.3, -0.25) is 0 Å². The lowest BCUT2D eigenvalue weighted by Gasteiger charge is -2.24. The third kappa shape index (κ3) is 4.58. The van der Waals surface area contributed by atoms with Gasteiger partial charge in [-0.25, -0.2) is 4.79 Å². The molecule has 118 valence electrons. The molecule has 0 radical (unpaired) electrons. The van der Waals surface area contributed by atoms with Crippen LogP contribution in [0.3, 0.4) is 0 Å². The van der Waals surface area contributed by atoms with Crippen molar-refractivity contribution in [2.24, 2.45) is 0 Å². The summed E-state index contributed by atoms with van der Waals surface area (Å²) in [4.78, 5) is 15.5. The molecule has 5 heteroatoms. The van der Waals surface area contributed by atoms with Gasteiger partial charge in [-0.05, 0) is 38.0 Å². The molecule has 0 saturated carbocycles. The number of nitrogens with zero attached hydrogens (tertiary/aromatic N) is 1. The zero-order valence-electron chi connectivity index (χ0n) is 13.2. The van der Waals surface area contributed by atoms with Crippen molar-refractivity contribution < 1.29 is 4.79 Å². The van der Waals surface area contributed by atoms with Gasteiger partial charge in [0.25, 0.3) is 0 Å². The van der Waals surface area contributed by atoms with Crippen LogP contribution in [0.15, 0.2) is 47.8 Å². The van der Waals surface area contributed by atoms with Crippen LogP contribution in [0.1, 0.15) is 29.4 Å². The van der Waals surface area contributed by atoms with Crippen molar-refractivity contribution >= 4 is 17.4 Å². The number of hydrogen-bond donors (Lipinski definition) is 2. The summed E-state index contributed by atoms with van der Waals surface area (Å²) in [6.07, 6.45) is 0. The summed E-state index contributed by atoms with van der Waals surface area (Å²) in [7, 11) is 4.05. The Kier molecular flexibility index (Phi) is 5.98. The fourth-order valence-corrected chi connectivity index (χ4v) is 3.20. The summed E-state index contributed by atoms with van der Waals surface area (Å²) in [6.45, 7) is 2.57. The average Bonchev–Trinajstić information content (AvgIpc) is 3.02. The highest BCUT2D eigenvalue weighted by atomic mass is 32.1. The molecule has 2 rings (SSSR count). The number of carbonyl (C=O) groups excluding carboxylic acids is 1. The van der Waals surface area contributed by atoms with Gasteiger partial charge >= 0.3 is 6.03 Å². The Hall–Kier alpha value is -1.85. The molecule has 0 aliphatic heterocycles. The first kappa shape index (κ1) is 16.5. The van der Waals surface area contributed by atoms with Crippen LogP contribution in [0.5, 0.6) is 0 Å². The molecular weight excluding hydrogens is 294 g/mol. The molecule has 2 atom stereocenters. The molecule has 2 aromatic rings. The summed E-state index contributed by atoms with van der Waals surface area (Å²) in [5.74, 6) is 0. The van der Waals surface area contributed by atoms with E-state index >= 15 is 0 Å². The third-order valence-electron chi connectivity index (χ3n) is 3.60. The molecule has 2 unspecified atom stereocenters. The second-order valence-electron chi connectivity index (χ2n) is 5.48. The quantitative estimate of drug-likeness (QED) is 0.857. The predicted octanol–water partition coefficient (Wildman–Crippen LogP) is 3.41. The van der Waals surface area contributed by atoms with Gasteiger partial charge in [0, 0.05) is 11.4 Å². The summed E-state index contributed by atoms with van der Waals surface area (Å²) in [6, 6.07) is 14.1. The fraction of sp³-hybridized carbons (Fsp3) is 0.353. The monoisotopic (exact) mass is 317 g/mol. The van der Waals surface area contributed by atoms with Gasteiger partial charge in [0.15, 0.2) is 0 Å². The summed E-state index contributed by atoms with van der Waals surface area (Å²) >= 11 is 1.71. The van der Waals surface area contributed by atoms with Gasteiger partial charge in [0.05, 0.1) is 12.1 Å². The van der Waals surface area contributed by atoms with Crippen LogP contribution in [-0.4, -0.2) is 31.6 Å². The van der Waals surface area contributed by atoms with Gasteiger partial charge in [-0.1, -0.05) is 36.4 Å². The van der Waals surface area contributed by atoms with Crippen molar-refractivity contribution in [3.05, 3.63) is 58.3 Å². The van der Waals surface area contributed by atoms with E-state index in [2.05, 4.69) is 27.0 Å². The molecule has 2 N–H and O–H groups in total. The molecule has 1 aromatic carbocycles. The first-order chi connectivity index (χ1) is 10.6. The van der Waals surface area contributed by atoms with Crippen molar-refractivity contribution in [3.8, 4) is 0 Å². The molecule has 22 heavy (non-hydrogen) atoms. The topological polar surface area (TPSA) is 44.4 Å². The number of benzene rings is 1. The molecule has 2 amide bonds. The minimum atomic E-state index is -0.139. The zero-order valence-corrected chi connectivity index (χ0v) is 14.1. The summed E-state index contributed by atoms with van der Waals surface area (Å²) in [5, 5.41) is 8.00. The number of rotatable bonds is 6. The highest BCUT2D eigenvalue weighted by Crippen LogP contribution is 2.22. The van der Waals surface area contributed by atoms with Crippen LogP contribution in [0.25, 0.3) is 0 Å². The third-order valence-corrected chi connectivity index (χ3v) is 4.57.